The van der Waals surface area contributed by atoms with Crippen LogP contribution in [0.4, 0.5) is 5.82 Å². The number of nitrogens with zero attached hydrogens (tertiary/aromatic N) is 1. The monoisotopic (exact) mass is 168 g/mol. The van der Waals surface area contributed by atoms with Crippen LogP contribution in [0, 0.1) is 0 Å². The standard InChI is InChI=1S/C7H12N4O/c8-7-3-5(10-11-7)6-4-9-1-2-12-6/h3,6,9H,1-2,4H2,(H3,8,10,11). The first-order valence-electron chi connectivity index (χ1n) is 3.99. The van der Waals surface area contributed by atoms with Crippen LogP contribution in [0.2, 0.25) is 0 Å². The topological polar surface area (TPSA) is 76.0 Å². The average molecular weight is 168 g/mol. The molecule has 4 N–H and O–H groups in total. The summed E-state index contributed by atoms with van der Waals surface area (Å²) in [5, 5.41) is 9.90. The van der Waals surface area contributed by atoms with Crippen LogP contribution in [0.15, 0.2) is 6.07 Å². The zero-order valence-electron chi connectivity index (χ0n) is 6.71. The van der Waals surface area contributed by atoms with Gasteiger partial charge < -0.3 is 15.8 Å². The second kappa shape index (κ2) is 3.12. The first-order chi connectivity index (χ1) is 5.86. The van der Waals surface area contributed by atoms with Crippen molar-refractivity contribution in [3.05, 3.63) is 11.8 Å². The Morgan fingerprint density at radius 3 is 3.17 bits per heavy atom. The lowest BCUT2D eigenvalue weighted by atomic mass is 10.2. The van der Waals surface area contributed by atoms with Crippen LogP contribution in [0.1, 0.15) is 11.8 Å². The van der Waals surface area contributed by atoms with Gasteiger partial charge in [0, 0.05) is 19.2 Å². The maximum absolute atomic E-state index is 5.49. The third kappa shape index (κ3) is 1.41. The van der Waals surface area contributed by atoms with Gasteiger partial charge in [-0.15, -0.1) is 0 Å². The Bertz CT molecular complexity index is 254. The summed E-state index contributed by atoms with van der Waals surface area (Å²) < 4.78 is 5.49. The van der Waals surface area contributed by atoms with Crippen molar-refractivity contribution in [1.82, 2.24) is 15.5 Å². The zero-order valence-corrected chi connectivity index (χ0v) is 6.71. The summed E-state index contributed by atoms with van der Waals surface area (Å²) in [5.41, 5.74) is 6.41. The molecule has 1 fully saturated rings. The van der Waals surface area contributed by atoms with Gasteiger partial charge in [0.25, 0.3) is 0 Å². The van der Waals surface area contributed by atoms with Crippen LogP contribution in [0.25, 0.3) is 0 Å². The summed E-state index contributed by atoms with van der Waals surface area (Å²) >= 11 is 0. The average Bonchev–Trinajstić information content (AvgIpc) is 2.54. The normalized spacial score (nSPS) is 24.2. The fourth-order valence-electron chi connectivity index (χ4n) is 1.28. The molecule has 0 radical (unpaired) electrons. The number of ether oxygens (including phenoxy) is 1. The zero-order chi connectivity index (χ0) is 8.39. The largest absolute Gasteiger partial charge is 0.382 e. The van der Waals surface area contributed by atoms with Gasteiger partial charge in [-0.2, -0.15) is 5.10 Å². The molecule has 0 aromatic carbocycles. The highest BCUT2D eigenvalue weighted by Gasteiger charge is 2.17. The van der Waals surface area contributed by atoms with Crippen molar-refractivity contribution in [2.24, 2.45) is 0 Å². The van der Waals surface area contributed by atoms with Crippen molar-refractivity contribution in [3.63, 3.8) is 0 Å². The molecule has 1 aliphatic rings. The number of H-pyrrole nitrogens is 1. The van der Waals surface area contributed by atoms with Crippen LogP contribution in [-0.2, 0) is 4.74 Å². The van der Waals surface area contributed by atoms with Crippen molar-refractivity contribution in [3.8, 4) is 0 Å². The van der Waals surface area contributed by atoms with E-state index in [1.165, 1.54) is 0 Å². The molecule has 12 heavy (non-hydrogen) atoms. The smallest absolute Gasteiger partial charge is 0.145 e. The first kappa shape index (κ1) is 7.57. The molecule has 1 aromatic rings. The van der Waals surface area contributed by atoms with Crippen LogP contribution in [-0.4, -0.2) is 29.9 Å². The van der Waals surface area contributed by atoms with Crippen LogP contribution >= 0.6 is 0 Å². The van der Waals surface area contributed by atoms with Gasteiger partial charge in [-0.05, 0) is 0 Å². The molecule has 1 unspecified atom stereocenters. The van der Waals surface area contributed by atoms with Gasteiger partial charge in [-0.1, -0.05) is 0 Å². The Labute approximate surface area is 70.3 Å². The predicted molar refractivity (Wildman–Crippen MR) is 44.6 cm³/mol. The van der Waals surface area contributed by atoms with E-state index in [0.29, 0.717) is 5.82 Å². The second-order valence-corrected chi connectivity index (χ2v) is 2.81. The highest BCUT2D eigenvalue weighted by atomic mass is 16.5. The van der Waals surface area contributed by atoms with Gasteiger partial charge in [0.05, 0.1) is 12.3 Å². The van der Waals surface area contributed by atoms with E-state index in [4.69, 9.17) is 10.5 Å². The lowest BCUT2D eigenvalue weighted by Gasteiger charge is -2.22. The summed E-state index contributed by atoms with van der Waals surface area (Å²) in [5.74, 6) is 0.513. The lowest BCUT2D eigenvalue weighted by molar-refractivity contribution is 0.0250. The number of aromatic amines is 1. The minimum absolute atomic E-state index is 0.0727. The van der Waals surface area contributed by atoms with E-state index in [-0.39, 0.29) is 6.10 Å². The van der Waals surface area contributed by atoms with Crippen LogP contribution in [0.5, 0.6) is 0 Å². The molecule has 5 heteroatoms. The van der Waals surface area contributed by atoms with Crippen molar-refractivity contribution < 1.29 is 4.74 Å². The third-order valence-electron chi connectivity index (χ3n) is 1.89. The highest BCUT2D eigenvalue weighted by Crippen LogP contribution is 2.17. The fourth-order valence-corrected chi connectivity index (χ4v) is 1.28. The molecule has 66 valence electrons. The number of nitrogens with two attached hydrogens (primary N) is 1. The number of anilines is 1. The van der Waals surface area contributed by atoms with E-state index in [1.54, 1.807) is 6.07 Å². The van der Waals surface area contributed by atoms with Gasteiger partial charge in [-0.3, -0.25) is 5.10 Å². The summed E-state index contributed by atoms with van der Waals surface area (Å²) in [6.45, 7) is 2.48. The molecule has 0 aliphatic carbocycles. The van der Waals surface area contributed by atoms with E-state index in [9.17, 15) is 0 Å². The Morgan fingerprint density at radius 1 is 1.67 bits per heavy atom. The number of morpholine rings is 1. The second-order valence-electron chi connectivity index (χ2n) is 2.81. The van der Waals surface area contributed by atoms with Crippen LogP contribution < -0.4 is 11.1 Å². The fraction of sp³-hybridized carbons (Fsp3) is 0.571. The minimum atomic E-state index is 0.0727. The molecular formula is C7H12N4O. The Morgan fingerprint density at radius 2 is 2.58 bits per heavy atom. The van der Waals surface area contributed by atoms with Crippen molar-refractivity contribution in [2.45, 2.75) is 6.10 Å². The number of nitrogen functional groups attached to an aromatic ring is 1. The van der Waals surface area contributed by atoms with Crippen molar-refractivity contribution >= 4 is 5.82 Å². The predicted octanol–water partition coefficient (Wildman–Crippen LogP) is -0.347. The first-order valence-corrected chi connectivity index (χ1v) is 3.99. The summed E-state index contributed by atoms with van der Waals surface area (Å²) in [6.07, 6.45) is 0.0727. The molecule has 1 aliphatic heterocycles. The molecular weight excluding hydrogens is 156 g/mol. The van der Waals surface area contributed by atoms with E-state index < -0.39 is 0 Å². The molecule has 0 saturated carbocycles. The minimum Gasteiger partial charge on any atom is -0.382 e. The quantitative estimate of drug-likeness (QED) is 0.536. The molecule has 1 aromatic heterocycles. The summed E-state index contributed by atoms with van der Waals surface area (Å²) in [4.78, 5) is 0. The lowest BCUT2D eigenvalue weighted by Crippen LogP contribution is -2.33. The number of hydrogen-bond donors (Lipinski definition) is 3. The van der Waals surface area contributed by atoms with Crippen molar-refractivity contribution in [2.75, 3.05) is 25.4 Å². The van der Waals surface area contributed by atoms with Gasteiger partial charge in [0.15, 0.2) is 0 Å². The molecule has 0 bridgehead atoms. The van der Waals surface area contributed by atoms with E-state index >= 15 is 0 Å². The molecule has 1 saturated heterocycles. The van der Waals surface area contributed by atoms with Crippen LogP contribution in [0.3, 0.4) is 0 Å². The maximum Gasteiger partial charge on any atom is 0.145 e. The Hall–Kier alpha value is -1.07. The number of nitrogens with one attached hydrogen (secondary N) is 2. The molecule has 0 amide bonds. The van der Waals surface area contributed by atoms with Gasteiger partial charge in [-0.25, -0.2) is 0 Å². The number of hydrogen-bond acceptors (Lipinski definition) is 4. The summed E-state index contributed by atoms with van der Waals surface area (Å²) in [7, 11) is 0. The van der Waals surface area contributed by atoms with E-state index in [0.717, 1.165) is 25.4 Å². The highest BCUT2D eigenvalue weighted by molar-refractivity contribution is 5.29. The molecule has 5 nitrogen and oxygen atoms in total. The molecule has 0 spiro atoms. The number of aromatic nitrogens is 2. The molecule has 1 atom stereocenters. The van der Waals surface area contributed by atoms with E-state index in [1.807, 2.05) is 0 Å². The third-order valence-corrected chi connectivity index (χ3v) is 1.89. The molecule has 2 heterocycles. The number of rotatable bonds is 1. The Balaban J connectivity index is 2.08. The SMILES string of the molecule is Nc1cc(C2CNCCO2)[nH]n1. The van der Waals surface area contributed by atoms with Gasteiger partial charge >= 0.3 is 0 Å². The summed E-state index contributed by atoms with van der Waals surface area (Å²) in [6, 6.07) is 1.80. The Kier molecular flexibility index (Phi) is 1.97. The maximum atomic E-state index is 5.49. The van der Waals surface area contributed by atoms with Gasteiger partial charge in [0.1, 0.15) is 11.9 Å². The van der Waals surface area contributed by atoms with Gasteiger partial charge in [0.2, 0.25) is 0 Å². The van der Waals surface area contributed by atoms with E-state index in [2.05, 4.69) is 15.5 Å². The van der Waals surface area contributed by atoms with Crippen molar-refractivity contribution in [1.29, 1.82) is 0 Å². The molecule has 2 rings (SSSR count).